The van der Waals surface area contributed by atoms with Crippen LogP contribution < -0.4 is 4.72 Å². The summed E-state index contributed by atoms with van der Waals surface area (Å²) in [5, 5.41) is 10.5. The van der Waals surface area contributed by atoms with Crippen LogP contribution in [0.25, 0.3) is 0 Å². The standard InChI is InChI=1S/C15H12F2N2O6S/c16-12-2-1-3-13(17)15(12)26(23,24)18-8-14(20)25-9-10-4-6-11(7-5-10)19(21)22/h1-7,18H,8-9H2. The van der Waals surface area contributed by atoms with E-state index in [-0.39, 0.29) is 12.3 Å². The van der Waals surface area contributed by atoms with Gasteiger partial charge < -0.3 is 4.74 Å². The maximum atomic E-state index is 13.5. The molecule has 0 aliphatic heterocycles. The van der Waals surface area contributed by atoms with Gasteiger partial charge in [-0.1, -0.05) is 6.07 Å². The summed E-state index contributed by atoms with van der Waals surface area (Å²) < 4.78 is 57.3. The second-order valence-electron chi connectivity index (χ2n) is 4.96. The fourth-order valence-electron chi connectivity index (χ4n) is 1.89. The van der Waals surface area contributed by atoms with E-state index >= 15 is 0 Å². The number of hydrogen-bond acceptors (Lipinski definition) is 6. The number of sulfonamides is 1. The van der Waals surface area contributed by atoms with Crippen molar-refractivity contribution < 1.29 is 31.7 Å². The van der Waals surface area contributed by atoms with Gasteiger partial charge in [-0.3, -0.25) is 14.9 Å². The van der Waals surface area contributed by atoms with E-state index in [2.05, 4.69) is 0 Å². The molecule has 11 heteroatoms. The summed E-state index contributed by atoms with van der Waals surface area (Å²) in [4.78, 5) is 20.3. The Morgan fingerprint density at radius 2 is 1.69 bits per heavy atom. The van der Waals surface area contributed by atoms with Gasteiger partial charge in [0.2, 0.25) is 10.0 Å². The highest BCUT2D eigenvalue weighted by Gasteiger charge is 2.24. The van der Waals surface area contributed by atoms with Crippen molar-refractivity contribution >= 4 is 21.7 Å². The fraction of sp³-hybridized carbons (Fsp3) is 0.133. The molecule has 0 unspecified atom stereocenters. The Bertz CT molecular complexity index is 911. The molecule has 138 valence electrons. The van der Waals surface area contributed by atoms with E-state index in [0.717, 1.165) is 18.2 Å². The number of esters is 1. The van der Waals surface area contributed by atoms with Crippen molar-refractivity contribution in [1.29, 1.82) is 0 Å². The minimum absolute atomic E-state index is 0.139. The monoisotopic (exact) mass is 386 g/mol. The number of hydrogen-bond donors (Lipinski definition) is 1. The third-order valence-corrected chi connectivity index (χ3v) is 4.59. The molecule has 1 N–H and O–H groups in total. The first-order valence-corrected chi connectivity index (χ1v) is 8.51. The summed E-state index contributed by atoms with van der Waals surface area (Å²) in [7, 11) is -4.59. The van der Waals surface area contributed by atoms with Crippen LogP contribution in [0.2, 0.25) is 0 Å². The van der Waals surface area contributed by atoms with E-state index < -0.39 is 44.0 Å². The summed E-state index contributed by atoms with van der Waals surface area (Å²) in [6, 6.07) is 7.70. The first-order chi connectivity index (χ1) is 12.2. The molecule has 0 bridgehead atoms. The summed E-state index contributed by atoms with van der Waals surface area (Å²) in [6.07, 6.45) is 0. The van der Waals surface area contributed by atoms with Crippen LogP contribution in [0.1, 0.15) is 5.56 Å². The highest BCUT2D eigenvalue weighted by Crippen LogP contribution is 2.18. The number of nitrogens with zero attached hydrogens (tertiary/aromatic N) is 1. The molecule has 0 saturated heterocycles. The van der Waals surface area contributed by atoms with E-state index in [9.17, 15) is 32.1 Å². The lowest BCUT2D eigenvalue weighted by atomic mass is 10.2. The lowest BCUT2D eigenvalue weighted by molar-refractivity contribution is -0.384. The van der Waals surface area contributed by atoms with Crippen molar-refractivity contribution in [3.63, 3.8) is 0 Å². The van der Waals surface area contributed by atoms with Gasteiger partial charge in [-0.05, 0) is 29.8 Å². The van der Waals surface area contributed by atoms with Crippen LogP contribution in [0, 0.1) is 21.7 Å². The zero-order valence-electron chi connectivity index (χ0n) is 13.0. The van der Waals surface area contributed by atoms with Gasteiger partial charge in [-0.25, -0.2) is 17.2 Å². The number of non-ortho nitro benzene ring substituents is 1. The first kappa shape index (κ1) is 19.4. The minimum Gasteiger partial charge on any atom is -0.460 e. The van der Waals surface area contributed by atoms with Crippen LogP contribution in [-0.2, 0) is 26.2 Å². The fourth-order valence-corrected chi connectivity index (χ4v) is 3.00. The summed E-state index contributed by atoms with van der Waals surface area (Å²) >= 11 is 0. The summed E-state index contributed by atoms with van der Waals surface area (Å²) in [5.74, 6) is -3.59. The van der Waals surface area contributed by atoms with E-state index in [1.165, 1.54) is 24.3 Å². The van der Waals surface area contributed by atoms with Crippen LogP contribution in [0.5, 0.6) is 0 Å². The third-order valence-electron chi connectivity index (χ3n) is 3.14. The molecule has 0 amide bonds. The van der Waals surface area contributed by atoms with Gasteiger partial charge >= 0.3 is 5.97 Å². The Hall–Kier alpha value is -2.92. The van der Waals surface area contributed by atoms with Crippen molar-refractivity contribution in [2.45, 2.75) is 11.5 Å². The molecule has 0 aromatic heterocycles. The predicted molar refractivity (Wildman–Crippen MR) is 84.4 cm³/mol. The number of ether oxygens (including phenoxy) is 1. The number of nitro groups is 1. The van der Waals surface area contributed by atoms with Crippen LogP contribution >= 0.6 is 0 Å². The van der Waals surface area contributed by atoms with E-state index in [1.807, 2.05) is 0 Å². The number of rotatable bonds is 7. The molecule has 0 atom stereocenters. The molecule has 0 spiro atoms. The van der Waals surface area contributed by atoms with E-state index in [1.54, 1.807) is 4.72 Å². The van der Waals surface area contributed by atoms with Crippen molar-refractivity contribution in [2.75, 3.05) is 6.54 Å². The first-order valence-electron chi connectivity index (χ1n) is 7.03. The van der Waals surface area contributed by atoms with Crippen molar-refractivity contribution in [3.05, 3.63) is 69.8 Å². The number of halogens is 2. The maximum absolute atomic E-state index is 13.5. The molecule has 0 heterocycles. The molecule has 2 aromatic rings. The number of benzene rings is 2. The van der Waals surface area contributed by atoms with Gasteiger partial charge in [-0.15, -0.1) is 0 Å². The largest absolute Gasteiger partial charge is 0.460 e. The van der Waals surface area contributed by atoms with Crippen molar-refractivity contribution in [1.82, 2.24) is 4.72 Å². The van der Waals surface area contributed by atoms with Gasteiger partial charge in [-0.2, -0.15) is 4.72 Å². The molecule has 2 rings (SSSR count). The molecule has 0 aliphatic carbocycles. The topological polar surface area (TPSA) is 116 Å². The second kappa shape index (κ2) is 7.97. The number of carbonyl (C=O) groups is 1. The zero-order chi connectivity index (χ0) is 19.3. The lowest BCUT2D eigenvalue weighted by Crippen LogP contribution is -2.31. The van der Waals surface area contributed by atoms with Crippen LogP contribution in [0.15, 0.2) is 47.4 Å². The molecule has 0 aliphatic rings. The summed E-state index contributed by atoms with van der Waals surface area (Å²) in [5.41, 5.74) is 0.298. The average Bonchev–Trinajstić information content (AvgIpc) is 2.58. The number of nitro benzene ring substituents is 1. The molecule has 26 heavy (non-hydrogen) atoms. The molecule has 8 nitrogen and oxygen atoms in total. The van der Waals surface area contributed by atoms with Crippen LogP contribution in [-0.4, -0.2) is 25.9 Å². The Balaban J connectivity index is 1.93. The van der Waals surface area contributed by atoms with Crippen molar-refractivity contribution in [2.24, 2.45) is 0 Å². The highest BCUT2D eigenvalue weighted by molar-refractivity contribution is 7.89. The molecule has 0 saturated carbocycles. The summed E-state index contributed by atoms with van der Waals surface area (Å²) in [6.45, 7) is -1.10. The van der Waals surface area contributed by atoms with Crippen molar-refractivity contribution in [3.8, 4) is 0 Å². The SMILES string of the molecule is O=C(CNS(=O)(=O)c1c(F)cccc1F)OCc1ccc([N+](=O)[O-])cc1. The molecular formula is C15H12F2N2O6S. The van der Waals surface area contributed by atoms with Gasteiger partial charge in [0.1, 0.15) is 24.8 Å². The number of carbonyl (C=O) groups excluding carboxylic acids is 1. The van der Waals surface area contributed by atoms with Crippen LogP contribution in [0.3, 0.4) is 0 Å². The second-order valence-corrected chi connectivity index (χ2v) is 6.66. The lowest BCUT2D eigenvalue weighted by Gasteiger charge is -2.09. The quantitative estimate of drug-likeness (QED) is 0.441. The smallest absolute Gasteiger partial charge is 0.321 e. The Kier molecular flexibility index (Phi) is 5.95. The van der Waals surface area contributed by atoms with Crippen LogP contribution in [0.4, 0.5) is 14.5 Å². The molecule has 0 radical (unpaired) electrons. The Morgan fingerprint density at radius 1 is 1.12 bits per heavy atom. The molecular weight excluding hydrogens is 374 g/mol. The highest BCUT2D eigenvalue weighted by atomic mass is 32.2. The van der Waals surface area contributed by atoms with E-state index in [4.69, 9.17) is 4.74 Å². The van der Waals surface area contributed by atoms with E-state index in [0.29, 0.717) is 5.56 Å². The third kappa shape index (κ3) is 4.80. The molecule has 0 fully saturated rings. The van der Waals surface area contributed by atoms with Gasteiger partial charge in [0.15, 0.2) is 4.90 Å². The minimum atomic E-state index is -4.59. The van der Waals surface area contributed by atoms with Gasteiger partial charge in [0, 0.05) is 12.1 Å². The predicted octanol–water partition coefficient (Wildman–Crippen LogP) is 1.89. The van der Waals surface area contributed by atoms with Gasteiger partial charge in [0.25, 0.3) is 5.69 Å². The average molecular weight is 386 g/mol. The molecule has 2 aromatic carbocycles. The number of nitrogens with one attached hydrogen (secondary N) is 1. The Labute approximate surface area is 146 Å². The Morgan fingerprint density at radius 3 is 2.23 bits per heavy atom. The van der Waals surface area contributed by atoms with Gasteiger partial charge in [0.05, 0.1) is 4.92 Å². The normalized spacial score (nSPS) is 11.2. The zero-order valence-corrected chi connectivity index (χ0v) is 13.8. The maximum Gasteiger partial charge on any atom is 0.321 e.